The van der Waals surface area contributed by atoms with Crippen LogP contribution in [0.1, 0.15) is 30.9 Å². The molecule has 0 saturated heterocycles. The lowest BCUT2D eigenvalue weighted by Gasteiger charge is -2.32. The Kier molecular flexibility index (Phi) is 5.09. The van der Waals surface area contributed by atoms with Gasteiger partial charge in [0.2, 0.25) is 0 Å². The third-order valence-corrected chi connectivity index (χ3v) is 3.94. The van der Waals surface area contributed by atoms with Gasteiger partial charge in [-0.15, -0.1) is 12.4 Å². The SMILES string of the molecule is COc1ccc(Br)c([C@H](N)C2CCC2)c1.Cl. The zero-order chi connectivity index (χ0) is 10.8. The molecule has 1 aromatic carbocycles. The van der Waals surface area contributed by atoms with Crippen molar-refractivity contribution in [2.45, 2.75) is 25.3 Å². The normalized spacial score (nSPS) is 17.2. The molecule has 0 spiro atoms. The number of rotatable bonds is 3. The van der Waals surface area contributed by atoms with E-state index in [9.17, 15) is 0 Å². The molecule has 2 nitrogen and oxygen atoms in total. The first kappa shape index (κ1) is 13.8. The van der Waals surface area contributed by atoms with Gasteiger partial charge in [0.25, 0.3) is 0 Å². The lowest BCUT2D eigenvalue weighted by atomic mass is 9.77. The van der Waals surface area contributed by atoms with Crippen LogP contribution in [0.25, 0.3) is 0 Å². The van der Waals surface area contributed by atoms with Crippen LogP contribution in [-0.2, 0) is 0 Å². The lowest BCUT2D eigenvalue weighted by Crippen LogP contribution is -2.27. The van der Waals surface area contributed by atoms with Crippen molar-refractivity contribution in [1.29, 1.82) is 0 Å². The van der Waals surface area contributed by atoms with Crippen molar-refractivity contribution in [2.75, 3.05) is 7.11 Å². The van der Waals surface area contributed by atoms with Crippen molar-refractivity contribution >= 4 is 28.3 Å². The number of halogens is 2. The lowest BCUT2D eigenvalue weighted by molar-refractivity contribution is 0.263. The summed E-state index contributed by atoms with van der Waals surface area (Å²) in [5.74, 6) is 1.52. The van der Waals surface area contributed by atoms with Gasteiger partial charge in [-0.2, -0.15) is 0 Å². The quantitative estimate of drug-likeness (QED) is 0.924. The highest BCUT2D eigenvalue weighted by atomic mass is 79.9. The number of nitrogens with two attached hydrogens (primary N) is 1. The van der Waals surface area contributed by atoms with Crippen molar-refractivity contribution < 1.29 is 4.74 Å². The number of methoxy groups -OCH3 is 1. The summed E-state index contributed by atoms with van der Waals surface area (Å²) >= 11 is 3.55. The van der Waals surface area contributed by atoms with Gasteiger partial charge in [0.1, 0.15) is 5.75 Å². The second-order valence-electron chi connectivity index (χ2n) is 4.10. The molecule has 1 aromatic rings. The van der Waals surface area contributed by atoms with Crippen LogP contribution < -0.4 is 10.5 Å². The first-order valence-electron chi connectivity index (χ1n) is 5.31. The molecule has 1 aliphatic carbocycles. The zero-order valence-corrected chi connectivity index (χ0v) is 11.7. The van der Waals surface area contributed by atoms with Crippen molar-refractivity contribution in [3.8, 4) is 5.75 Å². The molecule has 4 heteroatoms. The van der Waals surface area contributed by atoms with Gasteiger partial charge in [-0.25, -0.2) is 0 Å². The summed E-state index contributed by atoms with van der Waals surface area (Å²) in [5, 5.41) is 0. The van der Waals surface area contributed by atoms with Crippen LogP contribution in [0.3, 0.4) is 0 Å². The molecule has 90 valence electrons. The van der Waals surface area contributed by atoms with Crippen LogP contribution in [0, 0.1) is 5.92 Å². The maximum Gasteiger partial charge on any atom is 0.119 e. The molecule has 0 aliphatic heterocycles. The van der Waals surface area contributed by atoms with Gasteiger partial charge in [-0.1, -0.05) is 22.4 Å². The molecule has 0 aromatic heterocycles. The highest BCUT2D eigenvalue weighted by Gasteiger charge is 2.26. The summed E-state index contributed by atoms with van der Waals surface area (Å²) in [6.45, 7) is 0. The molecule has 0 radical (unpaired) electrons. The number of ether oxygens (including phenoxy) is 1. The summed E-state index contributed by atoms with van der Waals surface area (Å²) in [4.78, 5) is 0. The van der Waals surface area contributed by atoms with E-state index in [0.717, 1.165) is 10.2 Å². The van der Waals surface area contributed by atoms with Gasteiger partial charge in [0, 0.05) is 10.5 Å². The van der Waals surface area contributed by atoms with Gasteiger partial charge in [0.15, 0.2) is 0 Å². The fourth-order valence-corrected chi connectivity index (χ4v) is 2.47. The van der Waals surface area contributed by atoms with Gasteiger partial charge in [-0.05, 0) is 42.5 Å². The second kappa shape index (κ2) is 5.89. The average Bonchev–Trinajstić information content (AvgIpc) is 2.15. The maximum absolute atomic E-state index is 6.24. The van der Waals surface area contributed by atoms with E-state index < -0.39 is 0 Å². The Hall–Kier alpha value is -0.250. The minimum Gasteiger partial charge on any atom is -0.497 e. The standard InChI is InChI=1S/C12H16BrNO.ClH/c1-15-9-5-6-11(13)10(7-9)12(14)8-3-2-4-8;/h5-8,12H,2-4,14H2,1H3;1H/t12-;/m1./s1. The fraction of sp³-hybridized carbons (Fsp3) is 0.500. The minimum absolute atomic E-state index is 0. The van der Waals surface area contributed by atoms with Crippen LogP contribution in [-0.4, -0.2) is 7.11 Å². The molecule has 2 N–H and O–H groups in total. The minimum atomic E-state index is 0. The molecule has 2 rings (SSSR count). The smallest absolute Gasteiger partial charge is 0.119 e. The van der Waals surface area contributed by atoms with Crippen molar-refractivity contribution in [1.82, 2.24) is 0 Å². The Morgan fingerprint density at radius 2 is 2.12 bits per heavy atom. The van der Waals surface area contributed by atoms with E-state index in [4.69, 9.17) is 10.5 Å². The van der Waals surface area contributed by atoms with Gasteiger partial charge < -0.3 is 10.5 Å². The molecule has 0 amide bonds. The van der Waals surface area contributed by atoms with Gasteiger partial charge >= 0.3 is 0 Å². The molecule has 0 heterocycles. The number of hydrogen-bond acceptors (Lipinski definition) is 2. The summed E-state index contributed by atoms with van der Waals surface area (Å²) < 4.78 is 6.30. The topological polar surface area (TPSA) is 35.2 Å². The van der Waals surface area contributed by atoms with E-state index in [1.165, 1.54) is 24.8 Å². The van der Waals surface area contributed by atoms with E-state index in [1.807, 2.05) is 18.2 Å². The van der Waals surface area contributed by atoms with E-state index >= 15 is 0 Å². The summed E-state index contributed by atoms with van der Waals surface area (Å²) in [7, 11) is 1.68. The molecule has 0 bridgehead atoms. The van der Waals surface area contributed by atoms with Crippen molar-refractivity contribution in [2.24, 2.45) is 11.7 Å². The van der Waals surface area contributed by atoms with Gasteiger partial charge in [-0.3, -0.25) is 0 Å². The largest absolute Gasteiger partial charge is 0.497 e. The van der Waals surface area contributed by atoms with E-state index in [0.29, 0.717) is 5.92 Å². The zero-order valence-electron chi connectivity index (χ0n) is 9.28. The Bertz CT molecular complexity index is 355. The van der Waals surface area contributed by atoms with E-state index in [2.05, 4.69) is 15.9 Å². The molecule has 0 unspecified atom stereocenters. The Morgan fingerprint density at radius 1 is 1.44 bits per heavy atom. The number of hydrogen-bond donors (Lipinski definition) is 1. The van der Waals surface area contributed by atoms with Crippen LogP contribution >= 0.6 is 28.3 Å². The maximum atomic E-state index is 6.24. The first-order valence-corrected chi connectivity index (χ1v) is 6.10. The van der Waals surface area contributed by atoms with E-state index in [1.54, 1.807) is 7.11 Å². The van der Waals surface area contributed by atoms with Crippen molar-refractivity contribution in [3.05, 3.63) is 28.2 Å². The fourth-order valence-electron chi connectivity index (χ4n) is 1.96. The summed E-state index contributed by atoms with van der Waals surface area (Å²) in [6.07, 6.45) is 3.83. The third kappa shape index (κ3) is 2.70. The van der Waals surface area contributed by atoms with Crippen LogP contribution in [0.5, 0.6) is 5.75 Å². The van der Waals surface area contributed by atoms with Gasteiger partial charge in [0.05, 0.1) is 7.11 Å². The monoisotopic (exact) mass is 305 g/mol. The van der Waals surface area contributed by atoms with Crippen LogP contribution in [0.15, 0.2) is 22.7 Å². The number of benzene rings is 1. The highest BCUT2D eigenvalue weighted by Crippen LogP contribution is 2.39. The first-order chi connectivity index (χ1) is 7.22. The third-order valence-electron chi connectivity index (χ3n) is 3.22. The highest BCUT2D eigenvalue weighted by molar-refractivity contribution is 9.10. The molecular formula is C12H17BrClNO. The second-order valence-corrected chi connectivity index (χ2v) is 4.96. The van der Waals surface area contributed by atoms with Crippen molar-refractivity contribution in [3.63, 3.8) is 0 Å². The van der Waals surface area contributed by atoms with E-state index in [-0.39, 0.29) is 18.4 Å². The Labute approximate surface area is 111 Å². The molecule has 1 fully saturated rings. The molecule has 1 atom stereocenters. The predicted molar refractivity (Wildman–Crippen MR) is 72.2 cm³/mol. The molecule has 1 saturated carbocycles. The van der Waals surface area contributed by atoms with Crippen LogP contribution in [0.4, 0.5) is 0 Å². The average molecular weight is 307 g/mol. The molecule has 1 aliphatic rings. The molecule has 16 heavy (non-hydrogen) atoms. The Balaban J connectivity index is 0.00000128. The predicted octanol–water partition coefficient (Wildman–Crippen LogP) is 3.68. The summed E-state index contributed by atoms with van der Waals surface area (Å²) in [5.41, 5.74) is 7.40. The molecular weight excluding hydrogens is 289 g/mol. The summed E-state index contributed by atoms with van der Waals surface area (Å²) in [6, 6.07) is 6.13. The van der Waals surface area contributed by atoms with Crippen LogP contribution in [0.2, 0.25) is 0 Å². The Morgan fingerprint density at radius 3 is 2.62 bits per heavy atom.